The van der Waals surface area contributed by atoms with Gasteiger partial charge in [-0.2, -0.15) is 9.97 Å². The quantitative estimate of drug-likeness (QED) is 0.653. The Balaban J connectivity index is 2.02. The van der Waals surface area contributed by atoms with Crippen molar-refractivity contribution in [2.75, 3.05) is 23.8 Å². The van der Waals surface area contributed by atoms with E-state index in [0.29, 0.717) is 29.5 Å². The van der Waals surface area contributed by atoms with Crippen LogP contribution in [0.15, 0.2) is 42.7 Å². The number of fused-ring (bicyclic) bond motifs is 1. The Morgan fingerprint density at radius 1 is 1.00 bits per heavy atom. The van der Waals surface area contributed by atoms with Gasteiger partial charge in [0.2, 0.25) is 5.95 Å². The third-order valence-electron chi connectivity index (χ3n) is 2.76. The standard InChI is InChI=1S/C14H14N6O/c21-9-8-17-14-19-12-11(15-6-7-16-12)13(20-14)18-10-4-2-1-3-5-10/h1-7,21H,8-9H2,(H2,16,17,18,19,20). The Kier molecular flexibility index (Phi) is 3.83. The Hall–Kier alpha value is -2.80. The van der Waals surface area contributed by atoms with E-state index in [1.165, 1.54) is 0 Å². The van der Waals surface area contributed by atoms with Crippen LogP contribution in [0.5, 0.6) is 0 Å². The molecule has 0 unspecified atom stereocenters. The van der Waals surface area contributed by atoms with Gasteiger partial charge >= 0.3 is 0 Å². The molecule has 0 saturated heterocycles. The number of nitrogens with zero attached hydrogens (tertiary/aromatic N) is 4. The van der Waals surface area contributed by atoms with Gasteiger partial charge in [0.15, 0.2) is 17.0 Å². The van der Waals surface area contributed by atoms with E-state index in [1.54, 1.807) is 12.4 Å². The van der Waals surface area contributed by atoms with Crippen LogP contribution in [0.1, 0.15) is 0 Å². The largest absolute Gasteiger partial charge is 0.395 e. The number of benzene rings is 1. The van der Waals surface area contributed by atoms with E-state index in [1.807, 2.05) is 30.3 Å². The van der Waals surface area contributed by atoms with Crippen molar-refractivity contribution < 1.29 is 5.11 Å². The zero-order chi connectivity index (χ0) is 14.5. The summed E-state index contributed by atoms with van der Waals surface area (Å²) in [5.74, 6) is 0.968. The Morgan fingerprint density at radius 3 is 2.62 bits per heavy atom. The summed E-state index contributed by atoms with van der Waals surface area (Å²) in [6, 6.07) is 9.68. The van der Waals surface area contributed by atoms with E-state index < -0.39 is 0 Å². The molecular formula is C14H14N6O. The zero-order valence-electron chi connectivity index (χ0n) is 11.2. The highest BCUT2D eigenvalue weighted by Gasteiger charge is 2.09. The molecule has 0 saturated carbocycles. The van der Waals surface area contributed by atoms with Gasteiger partial charge in [0.25, 0.3) is 0 Å². The molecule has 3 aromatic rings. The summed E-state index contributed by atoms with van der Waals surface area (Å²) in [5.41, 5.74) is 1.98. The van der Waals surface area contributed by atoms with Gasteiger partial charge in [-0.1, -0.05) is 18.2 Å². The van der Waals surface area contributed by atoms with E-state index in [-0.39, 0.29) is 6.61 Å². The summed E-state index contributed by atoms with van der Waals surface area (Å²) in [4.78, 5) is 17.1. The Morgan fingerprint density at radius 2 is 1.81 bits per heavy atom. The summed E-state index contributed by atoms with van der Waals surface area (Å²) < 4.78 is 0. The zero-order valence-corrected chi connectivity index (χ0v) is 11.2. The van der Waals surface area contributed by atoms with Crippen LogP contribution in [0.4, 0.5) is 17.5 Å². The summed E-state index contributed by atoms with van der Waals surface area (Å²) in [5, 5.41) is 15.0. The first-order chi connectivity index (χ1) is 10.4. The highest BCUT2D eigenvalue weighted by atomic mass is 16.3. The number of aromatic nitrogens is 4. The molecule has 0 spiro atoms. The molecule has 2 heterocycles. The molecule has 0 fully saturated rings. The van der Waals surface area contributed by atoms with E-state index >= 15 is 0 Å². The second-order valence-corrected chi connectivity index (χ2v) is 4.27. The smallest absolute Gasteiger partial charge is 0.226 e. The van der Waals surface area contributed by atoms with Gasteiger partial charge in [-0.05, 0) is 12.1 Å². The van der Waals surface area contributed by atoms with Crippen molar-refractivity contribution in [1.82, 2.24) is 19.9 Å². The van der Waals surface area contributed by atoms with Crippen LogP contribution >= 0.6 is 0 Å². The lowest BCUT2D eigenvalue weighted by Crippen LogP contribution is -2.10. The second kappa shape index (κ2) is 6.10. The minimum atomic E-state index is 0.00329. The first kappa shape index (κ1) is 13.2. The number of anilines is 3. The van der Waals surface area contributed by atoms with Crippen LogP contribution in [0.3, 0.4) is 0 Å². The lowest BCUT2D eigenvalue weighted by Gasteiger charge is -2.10. The van der Waals surface area contributed by atoms with E-state index in [2.05, 4.69) is 30.6 Å². The van der Waals surface area contributed by atoms with Gasteiger partial charge in [0.1, 0.15) is 0 Å². The highest BCUT2D eigenvalue weighted by molar-refractivity contribution is 5.85. The maximum atomic E-state index is 8.88. The average molecular weight is 282 g/mol. The summed E-state index contributed by atoms with van der Waals surface area (Å²) >= 11 is 0. The SMILES string of the molecule is OCCNc1nc(Nc2ccccc2)c2nccnc2n1. The predicted octanol–water partition coefficient (Wildman–Crippen LogP) is 1.57. The molecule has 2 aromatic heterocycles. The lowest BCUT2D eigenvalue weighted by atomic mass is 10.3. The van der Waals surface area contributed by atoms with Crippen molar-refractivity contribution >= 4 is 28.6 Å². The van der Waals surface area contributed by atoms with Crippen LogP contribution in [-0.2, 0) is 0 Å². The molecule has 7 heteroatoms. The molecule has 1 aromatic carbocycles. The number of rotatable bonds is 5. The number of hydrogen-bond donors (Lipinski definition) is 3. The molecule has 0 atom stereocenters. The van der Waals surface area contributed by atoms with Crippen LogP contribution in [0.25, 0.3) is 11.2 Å². The second-order valence-electron chi connectivity index (χ2n) is 4.27. The fourth-order valence-electron chi connectivity index (χ4n) is 1.86. The number of nitrogens with one attached hydrogen (secondary N) is 2. The Bertz CT molecular complexity index is 734. The number of para-hydroxylation sites is 1. The number of aliphatic hydroxyl groups is 1. The van der Waals surface area contributed by atoms with Crippen molar-refractivity contribution in [2.24, 2.45) is 0 Å². The van der Waals surface area contributed by atoms with Gasteiger partial charge in [0, 0.05) is 24.6 Å². The molecule has 0 aliphatic heterocycles. The van der Waals surface area contributed by atoms with Crippen molar-refractivity contribution in [2.45, 2.75) is 0 Å². The normalized spacial score (nSPS) is 10.5. The molecule has 106 valence electrons. The molecule has 0 amide bonds. The summed E-state index contributed by atoms with van der Waals surface area (Å²) in [7, 11) is 0. The maximum absolute atomic E-state index is 8.88. The molecule has 0 aliphatic rings. The average Bonchev–Trinajstić information content (AvgIpc) is 2.54. The van der Waals surface area contributed by atoms with Gasteiger partial charge in [-0.25, -0.2) is 9.97 Å². The molecule has 21 heavy (non-hydrogen) atoms. The third-order valence-corrected chi connectivity index (χ3v) is 2.76. The van der Waals surface area contributed by atoms with Crippen LogP contribution in [-0.4, -0.2) is 38.2 Å². The van der Waals surface area contributed by atoms with Crippen LogP contribution < -0.4 is 10.6 Å². The number of hydrogen-bond acceptors (Lipinski definition) is 7. The summed E-state index contributed by atoms with van der Waals surface area (Å²) in [6.45, 7) is 0.375. The van der Waals surface area contributed by atoms with Crippen LogP contribution in [0, 0.1) is 0 Å². The van der Waals surface area contributed by atoms with Crippen molar-refractivity contribution in [1.29, 1.82) is 0 Å². The fourth-order valence-corrected chi connectivity index (χ4v) is 1.86. The number of aliphatic hydroxyl groups excluding tert-OH is 1. The van der Waals surface area contributed by atoms with E-state index in [4.69, 9.17) is 5.11 Å². The molecular weight excluding hydrogens is 268 g/mol. The fraction of sp³-hybridized carbons (Fsp3) is 0.143. The van der Waals surface area contributed by atoms with Crippen molar-refractivity contribution in [3.63, 3.8) is 0 Å². The van der Waals surface area contributed by atoms with Crippen LogP contribution in [0.2, 0.25) is 0 Å². The van der Waals surface area contributed by atoms with E-state index in [0.717, 1.165) is 5.69 Å². The molecule has 3 N–H and O–H groups in total. The van der Waals surface area contributed by atoms with Gasteiger partial charge in [0.05, 0.1) is 6.61 Å². The molecule has 7 nitrogen and oxygen atoms in total. The van der Waals surface area contributed by atoms with Crippen molar-refractivity contribution in [3.8, 4) is 0 Å². The predicted molar refractivity (Wildman–Crippen MR) is 80.4 cm³/mol. The van der Waals surface area contributed by atoms with Gasteiger partial charge in [-0.15, -0.1) is 0 Å². The Labute approximate surface area is 121 Å². The topological polar surface area (TPSA) is 95.8 Å². The molecule has 3 rings (SSSR count). The summed E-state index contributed by atoms with van der Waals surface area (Å²) in [6.07, 6.45) is 3.18. The first-order valence-electron chi connectivity index (χ1n) is 6.52. The monoisotopic (exact) mass is 282 g/mol. The van der Waals surface area contributed by atoms with Gasteiger partial charge in [-0.3, -0.25) is 0 Å². The minimum Gasteiger partial charge on any atom is -0.395 e. The maximum Gasteiger partial charge on any atom is 0.226 e. The van der Waals surface area contributed by atoms with E-state index in [9.17, 15) is 0 Å². The highest BCUT2D eigenvalue weighted by Crippen LogP contribution is 2.21. The molecule has 0 radical (unpaired) electrons. The third kappa shape index (κ3) is 3.03. The van der Waals surface area contributed by atoms with Crippen molar-refractivity contribution in [3.05, 3.63) is 42.7 Å². The minimum absolute atomic E-state index is 0.00329. The van der Waals surface area contributed by atoms with Gasteiger partial charge < -0.3 is 15.7 Å². The molecule has 0 bridgehead atoms. The lowest BCUT2D eigenvalue weighted by molar-refractivity contribution is 0.311. The first-order valence-corrected chi connectivity index (χ1v) is 6.52. The molecule has 0 aliphatic carbocycles.